The van der Waals surface area contributed by atoms with Gasteiger partial charge in [0.25, 0.3) is 0 Å². The first-order chi connectivity index (χ1) is 7.11. The van der Waals surface area contributed by atoms with Gasteiger partial charge in [-0.3, -0.25) is 4.79 Å². The molecule has 16 heavy (non-hydrogen) atoms. The normalized spacial score (nSPS) is 8.25. The van der Waals surface area contributed by atoms with Gasteiger partial charge in [-0.1, -0.05) is 0 Å². The number of hydrogen-bond acceptors (Lipinski definition) is 3. The van der Waals surface area contributed by atoms with E-state index in [0.29, 0.717) is 11.4 Å². The van der Waals surface area contributed by atoms with Gasteiger partial charge in [0.15, 0.2) is 0 Å². The summed E-state index contributed by atoms with van der Waals surface area (Å²) in [7, 11) is 0. The van der Waals surface area contributed by atoms with E-state index in [9.17, 15) is 9.59 Å². The summed E-state index contributed by atoms with van der Waals surface area (Å²) in [5.41, 5.74) is 0.628. The summed E-state index contributed by atoms with van der Waals surface area (Å²) < 4.78 is 4.74. The van der Waals surface area contributed by atoms with Gasteiger partial charge in [0, 0.05) is 18.5 Å². The Balaban J connectivity index is 0. The second kappa shape index (κ2) is 7.60. The molecule has 0 radical (unpaired) electrons. The predicted molar refractivity (Wildman–Crippen MR) is 56.3 cm³/mol. The number of rotatable bonds is 2. The van der Waals surface area contributed by atoms with Crippen LogP contribution in [0.15, 0.2) is 24.3 Å². The molecule has 0 atom stereocenters. The van der Waals surface area contributed by atoms with Crippen molar-refractivity contribution in [2.75, 3.05) is 5.32 Å². The van der Waals surface area contributed by atoms with E-state index in [1.54, 1.807) is 24.3 Å². The van der Waals surface area contributed by atoms with Crippen molar-refractivity contribution >= 4 is 17.6 Å². The molecule has 1 N–H and O–H groups in total. The van der Waals surface area contributed by atoms with Gasteiger partial charge in [-0.2, -0.15) is 0 Å². The van der Waals surface area contributed by atoms with Gasteiger partial charge < -0.3 is 11.5 Å². The summed E-state index contributed by atoms with van der Waals surface area (Å²) in [5, 5.41) is 2.58. The Morgan fingerprint density at radius 2 is 1.94 bits per heavy atom. The zero-order valence-corrected chi connectivity index (χ0v) is 12.2. The van der Waals surface area contributed by atoms with E-state index in [1.165, 1.54) is 6.92 Å². The van der Waals surface area contributed by atoms with Gasteiger partial charge in [-0.05, 0) is 24.3 Å². The quantitative estimate of drug-likeness (QED) is 0.221. The van der Waals surface area contributed by atoms with Crippen molar-refractivity contribution in [3.8, 4) is 18.1 Å². The smallest absolute Gasteiger partial charge is 1.00 e. The van der Waals surface area contributed by atoms with Crippen LogP contribution in [0.4, 0.5) is 5.69 Å². The third kappa shape index (κ3) is 5.44. The van der Waals surface area contributed by atoms with Crippen LogP contribution >= 0.6 is 0 Å². The first kappa shape index (κ1) is 15.4. The molecule has 0 aliphatic carbocycles. The third-order valence-electron chi connectivity index (χ3n) is 1.50. The van der Waals surface area contributed by atoms with E-state index >= 15 is 0 Å². The molecular weight excluding hydrogens is 233 g/mol. The van der Waals surface area contributed by atoms with Crippen LogP contribution < -0.4 is 61.4 Å². The molecule has 0 aromatic heterocycles. The zero-order chi connectivity index (χ0) is 11.3. The number of carbonyl (C=O) groups is 2. The summed E-state index contributed by atoms with van der Waals surface area (Å²) in [5.74, 6) is 1.26. The number of terminal acetylenes is 1. The summed E-state index contributed by atoms with van der Waals surface area (Å²) in [6.45, 7) is 1.41. The molecule has 0 fully saturated rings. The maximum absolute atomic E-state index is 10.7. The number of hydrogen-bond donors (Lipinski definition) is 1. The molecule has 0 aliphatic heterocycles. The minimum atomic E-state index is -0.748. The van der Waals surface area contributed by atoms with Crippen molar-refractivity contribution in [1.82, 2.24) is 0 Å². The second-order valence-corrected chi connectivity index (χ2v) is 2.74. The fraction of sp³-hybridized carbons (Fsp3) is 0.0909. The van der Waals surface area contributed by atoms with Crippen LogP contribution in [-0.4, -0.2) is 11.9 Å². The number of nitrogens with one attached hydrogen (secondary N) is 1. The van der Waals surface area contributed by atoms with E-state index in [0.717, 1.165) is 0 Å². The largest absolute Gasteiger partial charge is 1.00 e. The summed E-state index contributed by atoms with van der Waals surface area (Å²) in [4.78, 5) is 21.4. The monoisotopic (exact) mass is 243 g/mol. The van der Waals surface area contributed by atoms with E-state index in [2.05, 4.69) is 5.32 Å². The summed E-state index contributed by atoms with van der Waals surface area (Å²) >= 11 is 0. The van der Waals surface area contributed by atoms with Gasteiger partial charge in [-0.15, -0.1) is 6.42 Å². The number of anilines is 1. The second-order valence-electron chi connectivity index (χ2n) is 2.74. The van der Waals surface area contributed by atoms with E-state index in [4.69, 9.17) is 11.2 Å². The maximum Gasteiger partial charge on any atom is 1.00 e. The molecule has 1 aromatic rings. The van der Waals surface area contributed by atoms with Crippen molar-refractivity contribution in [2.45, 2.75) is 6.92 Å². The Bertz CT molecular complexity index is 425. The average Bonchev–Trinajstić information content (AvgIpc) is 2.20. The first-order valence-electron chi connectivity index (χ1n) is 4.18. The van der Waals surface area contributed by atoms with E-state index in [-0.39, 0.29) is 58.7 Å². The Kier molecular flexibility index (Phi) is 7.29. The minimum absolute atomic E-state index is 0. The topological polar surface area (TPSA) is 55.4 Å². The van der Waals surface area contributed by atoms with Crippen LogP contribution in [0, 0.1) is 12.3 Å². The minimum Gasteiger partial charge on any atom is -1.00 e. The maximum atomic E-state index is 10.7. The van der Waals surface area contributed by atoms with Crippen molar-refractivity contribution in [3.63, 3.8) is 0 Å². The van der Waals surface area contributed by atoms with Gasteiger partial charge >= 0.3 is 57.4 Å². The Hall–Kier alpha value is -0.644. The van der Waals surface area contributed by atoms with Crippen molar-refractivity contribution in [1.29, 1.82) is 0 Å². The molecule has 5 heteroatoms. The molecule has 0 aliphatic rings. The van der Waals surface area contributed by atoms with Crippen LogP contribution in [0.5, 0.6) is 5.75 Å². The van der Waals surface area contributed by atoms with Crippen LogP contribution in [-0.2, 0) is 9.59 Å². The molecule has 1 amide bonds. The molecular formula is C11H10KNO3. The Morgan fingerprint density at radius 3 is 2.38 bits per heavy atom. The third-order valence-corrected chi connectivity index (χ3v) is 1.50. The molecule has 1 rings (SSSR count). The van der Waals surface area contributed by atoms with Crippen molar-refractivity contribution < 1.29 is 67.1 Å². The molecule has 4 nitrogen and oxygen atoms in total. The number of esters is 1. The van der Waals surface area contributed by atoms with Gasteiger partial charge in [-0.25, -0.2) is 4.79 Å². The molecule has 0 saturated carbocycles. The Morgan fingerprint density at radius 1 is 1.38 bits per heavy atom. The number of carbonyl (C=O) groups excluding carboxylic acids is 2. The van der Waals surface area contributed by atoms with Crippen LogP contribution in [0.2, 0.25) is 0 Å². The molecule has 0 unspecified atom stereocenters. The van der Waals surface area contributed by atoms with E-state index < -0.39 is 5.97 Å². The zero-order valence-electron chi connectivity index (χ0n) is 10.1. The van der Waals surface area contributed by atoms with Crippen LogP contribution in [0.3, 0.4) is 0 Å². The predicted octanol–water partition coefficient (Wildman–Crippen LogP) is -1.70. The van der Waals surface area contributed by atoms with E-state index in [1.807, 2.05) is 5.92 Å². The van der Waals surface area contributed by atoms with Crippen molar-refractivity contribution in [2.24, 2.45) is 0 Å². The standard InChI is InChI=1S/C11H9NO3.K.H/c1-3-11(14)15-10-6-4-9(5-7-10)12-8(2)13;;/h1,4-7H,2H3,(H,12,13);;/q;+1;-1. The van der Waals surface area contributed by atoms with Crippen LogP contribution in [0.25, 0.3) is 0 Å². The molecule has 0 heterocycles. The molecule has 0 spiro atoms. The molecule has 0 bridgehead atoms. The number of amides is 1. The van der Waals surface area contributed by atoms with Gasteiger partial charge in [0.1, 0.15) is 5.75 Å². The molecule has 78 valence electrons. The van der Waals surface area contributed by atoms with Gasteiger partial charge in [0.05, 0.1) is 0 Å². The molecule has 0 saturated heterocycles. The first-order valence-corrected chi connectivity index (χ1v) is 4.18. The number of ether oxygens (including phenoxy) is 1. The van der Waals surface area contributed by atoms with Crippen LogP contribution in [0.1, 0.15) is 8.35 Å². The Labute approximate surface area is 138 Å². The fourth-order valence-corrected chi connectivity index (χ4v) is 0.946. The van der Waals surface area contributed by atoms with Crippen molar-refractivity contribution in [3.05, 3.63) is 24.3 Å². The summed E-state index contributed by atoms with van der Waals surface area (Å²) in [6.07, 6.45) is 4.83. The van der Waals surface area contributed by atoms with Gasteiger partial charge in [0.2, 0.25) is 5.91 Å². The summed E-state index contributed by atoms with van der Waals surface area (Å²) in [6, 6.07) is 6.31. The fourth-order valence-electron chi connectivity index (χ4n) is 0.946. The average molecular weight is 243 g/mol. The molecule has 1 aromatic carbocycles. The number of benzene rings is 1. The SMILES string of the molecule is C#CC(=O)Oc1ccc(NC(C)=O)cc1.[H-].[K+].